The molecule has 1 aromatic heterocycles. The molecule has 0 aliphatic heterocycles. The molecule has 2 rings (SSSR count). The van der Waals surface area contributed by atoms with Crippen molar-refractivity contribution in [2.45, 2.75) is 65.2 Å². The molecular formula is C16H24OS. The molecule has 0 saturated carbocycles. The van der Waals surface area contributed by atoms with Crippen molar-refractivity contribution in [2.24, 2.45) is 5.92 Å². The first-order chi connectivity index (χ1) is 8.70. The number of Topliss-reactive ketones (excluding diaryl/α,β-unsaturated/α-hetero) is 1. The van der Waals surface area contributed by atoms with E-state index in [1.165, 1.54) is 49.0 Å². The molecule has 1 nitrogen and oxygen atoms in total. The Morgan fingerprint density at radius 2 is 2.11 bits per heavy atom. The summed E-state index contributed by atoms with van der Waals surface area (Å²) in [4.78, 5) is 14.7. The molecule has 1 aliphatic rings. The number of carbonyl (C=O) groups is 1. The summed E-state index contributed by atoms with van der Waals surface area (Å²) in [5.74, 6) is 0.901. The highest BCUT2D eigenvalue weighted by Gasteiger charge is 2.17. The lowest BCUT2D eigenvalue weighted by Crippen LogP contribution is -2.04. The number of fused-ring (bicyclic) bond motifs is 1. The summed E-state index contributed by atoms with van der Waals surface area (Å²) < 4.78 is 0. The van der Waals surface area contributed by atoms with E-state index in [0.29, 0.717) is 11.7 Å². The maximum absolute atomic E-state index is 12.2. The molecule has 1 atom stereocenters. The Labute approximate surface area is 115 Å². The van der Waals surface area contributed by atoms with E-state index in [1.54, 1.807) is 11.3 Å². The number of aryl methyl sites for hydroxylation is 2. The molecule has 0 bridgehead atoms. The van der Waals surface area contributed by atoms with Gasteiger partial charge < -0.3 is 0 Å². The van der Waals surface area contributed by atoms with Crippen molar-refractivity contribution in [2.75, 3.05) is 0 Å². The van der Waals surface area contributed by atoms with Crippen molar-refractivity contribution in [1.29, 1.82) is 0 Å². The number of ketones is 1. The van der Waals surface area contributed by atoms with Crippen molar-refractivity contribution in [3.8, 4) is 0 Å². The summed E-state index contributed by atoms with van der Waals surface area (Å²) in [6.07, 6.45) is 9.38. The molecule has 18 heavy (non-hydrogen) atoms. The van der Waals surface area contributed by atoms with Crippen molar-refractivity contribution in [3.63, 3.8) is 0 Å². The van der Waals surface area contributed by atoms with Crippen LogP contribution < -0.4 is 0 Å². The molecular weight excluding hydrogens is 240 g/mol. The van der Waals surface area contributed by atoms with Crippen LogP contribution in [-0.4, -0.2) is 5.78 Å². The fourth-order valence-electron chi connectivity index (χ4n) is 2.82. The zero-order valence-electron chi connectivity index (χ0n) is 11.6. The maximum atomic E-state index is 12.2. The normalized spacial score (nSPS) is 17.0. The number of hydrogen-bond acceptors (Lipinski definition) is 2. The van der Waals surface area contributed by atoms with Gasteiger partial charge in [-0.1, -0.05) is 33.1 Å². The first-order valence-electron chi connectivity index (χ1n) is 7.35. The highest BCUT2D eigenvalue weighted by Crippen LogP contribution is 2.30. The van der Waals surface area contributed by atoms with Crippen LogP contribution in [0.4, 0.5) is 0 Å². The third-order valence-corrected chi connectivity index (χ3v) is 5.11. The second-order valence-corrected chi connectivity index (χ2v) is 6.78. The first kappa shape index (κ1) is 13.8. The van der Waals surface area contributed by atoms with Crippen molar-refractivity contribution in [1.82, 2.24) is 0 Å². The number of thiophene rings is 1. The first-order valence-corrected chi connectivity index (χ1v) is 8.17. The topological polar surface area (TPSA) is 17.1 Å². The fraction of sp³-hybridized carbons (Fsp3) is 0.688. The van der Waals surface area contributed by atoms with Gasteiger partial charge in [0.15, 0.2) is 5.78 Å². The zero-order chi connectivity index (χ0) is 13.0. The highest BCUT2D eigenvalue weighted by atomic mass is 32.1. The Hall–Kier alpha value is -0.630. The van der Waals surface area contributed by atoms with Crippen LogP contribution in [0.1, 0.15) is 72.5 Å². The molecule has 0 amide bonds. The van der Waals surface area contributed by atoms with E-state index in [0.717, 1.165) is 17.7 Å². The average Bonchev–Trinajstić information content (AvgIpc) is 2.61. The monoisotopic (exact) mass is 264 g/mol. The van der Waals surface area contributed by atoms with Crippen LogP contribution in [0.5, 0.6) is 0 Å². The SMILES string of the molecule is CCCC(C)CC(=O)c1cc2c(s1)CCCCC2. The molecule has 0 saturated heterocycles. The number of rotatable bonds is 5. The van der Waals surface area contributed by atoms with Crippen LogP contribution in [0.2, 0.25) is 0 Å². The second kappa shape index (κ2) is 6.51. The van der Waals surface area contributed by atoms with Crippen molar-refractivity contribution >= 4 is 17.1 Å². The number of hydrogen-bond donors (Lipinski definition) is 0. The predicted molar refractivity (Wildman–Crippen MR) is 78.6 cm³/mol. The fourth-order valence-corrected chi connectivity index (χ4v) is 4.02. The maximum Gasteiger partial charge on any atom is 0.173 e. The highest BCUT2D eigenvalue weighted by molar-refractivity contribution is 7.14. The van der Waals surface area contributed by atoms with Crippen molar-refractivity contribution < 1.29 is 4.79 Å². The van der Waals surface area contributed by atoms with Gasteiger partial charge in [-0.05, 0) is 43.2 Å². The molecule has 100 valence electrons. The van der Waals surface area contributed by atoms with Crippen LogP contribution in [0.15, 0.2) is 6.07 Å². The van der Waals surface area contributed by atoms with Gasteiger partial charge in [-0.25, -0.2) is 0 Å². The van der Waals surface area contributed by atoms with Crippen LogP contribution in [0.3, 0.4) is 0 Å². The second-order valence-electron chi connectivity index (χ2n) is 5.64. The van der Waals surface area contributed by atoms with Gasteiger partial charge in [-0.15, -0.1) is 11.3 Å². The van der Waals surface area contributed by atoms with Gasteiger partial charge in [0, 0.05) is 11.3 Å². The van der Waals surface area contributed by atoms with E-state index in [1.807, 2.05) is 0 Å². The molecule has 0 aromatic carbocycles. The molecule has 0 spiro atoms. The van der Waals surface area contributed by atoms with E-state index in [2.05, 4.69) is 19.9 Å². The lowest BCUT2D eigenvalue weighted by Gasteiger charge is -2.07. The van der Waals surface area contributed by atoms with Gasteiger partial charge in [0.2, 0.25) is 0 Å². The Balaban J connectivity index is 2.02. The van der Waals surface area contributed by atoms with Gasteiger partial charge >= 0.3 is 0 Å². The largest absolute Gasteiger partial charge is 0.293 e. The van der Waals surface area contributed by atoms with Crippen LogP contribution in [-0.2, 0) is 12.8 Å². The minimum atomic E-state index is 0.369. The molecule has 0 fully saturated rings. The van der Waals surface area contributed by atoms with Gasteiger partial charge in [0.25, 0.3) is 0 Å². The summed E-state index contributed by atoms with van der Waals surface area (Å²) in [5, 5.41) is 0. The van der Waals surface area contributed by atoms with Gasteiger partial charge in [-0.2, -0.15) is 0 Å². The molecule has 1 aliphatic carbocycles. The van der Waals surface area contributed by atoms with E-state index < -0.39 is 0 Å². The summed E-state index contributed by atoms with van der Waals surface area (Å²) in [6.45, 7) is 4.38. The van der Waals surface area contributed by atoms with E-state index in [-0.39, 0.29) is 0 Å². The molecule has 1 aromatic rings. The van der Waals surface area contributed by atoms with Gasteiger partial charge in [-0.3, -0.25) is 4.79 Å². The predicted octanol–water partition coefficient (Wildman–Crippen LogP) is 5.03. The van der Waals surface area contributed by atoms with E-state index >= 15 is 0 Å². The van der Waals surface area contributed by atoms with Crippen LogP contribution in [0.25, 0.3) is 0 Å². The molecule has 0 N–H and O–H groups in total. The Kier molecular flexibility index (Phi) is 4.99. The quantitative estimate of drug-likeness (QED) is 0.538. The summed E-state index contributed by atoms with van der Waals surface area (Å²) in [6, 6.07) is 2.19. The third kappa shape index (κ3) is 3.44. The van der Waals surface area contributed by atoms with Gasteiger partial charge in [0.05, 0.1) is 4.88 Å². The Morgan fingerprint density at radius 1 is 1.33 bits per heavy atom. The summed E-state index contributed by atoms with van der Waals surface area (Å²) in [5.41, 5.74) is 1.46. The molecule has 1 unspecified atom stereocenters. The van der Waals surface area contributed by atoms with E-state index in [9.17, 15) is 4.79 Å². The lowest BCUT2D eigenvalue weighted by molar-refractivity contribution is 0.0966. The van der Waals surface area contributed by atoms with Gasteiger partial charge in [0.1, 0.15) is 0 Å². The van der Waals surface area contributed by atoms with Crippen LogP contribution >= 0.6 is 11.3 Å². The third-order valence-electron chi connectivity index (χ3n) is 3.84. The zero-order valence-corrected chi connectivity index (χ0v) is 12.4. The minimum absolute atomic E-state index is 0.369. The minimum Gasteiger partial charge on any atom is -0.293 e. The standard InChI is InChI=1S/C16H24OS/c1-3-7-12(2)10-14(17)16-11-13-8-5-4-6-9-15(13)18-16/h11-12H,3-10H2,1-2H3. The Morgan fingerprint density at radius 3 is 2.89 bits per heavy atom. The molecule has 0 radical (unpaired) electrons. The molecule has 2 heteroatoms. The Bertz CT molecular complexity index is 382. The smallest absolute Gasteiger partial charge is 0.173 e. The molecule has 1 heterocycles. The van der Waals surface area contributed by atoms with Crippen molar-refractivity contribution in [3.05, 3.63) is 21.4 Å². The van der Waals surface area contributed by atoms with E-state index in [4.69, 9.17) is 0 Å². The summed E-state index contributed by atoms with van der Waals surface area (Å²) >= 11 is 1.77. The lowest BCUT2D eigenvalue weighted by atomic mass is 9.98. The van der Waals surface area contributed by atoms with Crippen LogP contribution in [0, 0.1) is 5.92 Å². The number of carbonyl (C=O) groups excluding carboxylic acids is 1. The average molecular weight is 264 g/mol. The summed E-state index contributed by atoms with van der Waals surface area (Å²) in [7, 11) is 0.